The summed E-state index contributed by atoms with van der Waals surface area (Å²) < 4.78 is 0. The number of rotatable bonds is 15. The standard InChI is InChI=1S/C28H40N4.C14H19N.C10H17NO3.2C2H6/c1-5-6-26-20-28(29-21-24(26)4)32-13-10-25(11-14-32)9-12-30-15-17-31(18-16-30)27-8-7-22(2)23(3)19-27;1-6-12-8-7-9-14(15(4)5)13(12)10-11(2)3;1-8(2)10(5-4-9(3)14)11(6-12)7-13;2*1-2/h5-8,19-21,25H,9-18H2,1-4H3;6-10H,2H2,1,3-5H3;6,10,13H,1,4-5,7H2,2-3H3;2*1-2H3/b6-5-;12-6-,13-10+;;;. The maximum atomic E-state index is 10.8. The monoisotopic (exact) mass is 893 g/mol. The van der Waals surface area contributed by atoms with Crippen LogP contribution in [0.5, 0.6) is 0 Å². The summed E-state index contributed by atoms with van der Waals surface area (Å²) in [4.78, 5) is 37.1. The van der Waals surface area contributed by atoms with Gasteiger partial charge in [-0.1, -0.05) is 88.4 Å². The second-order valence-electron chi connectivity index (χ2n) is 17.0. The van der Waals surface area contributed by atoms with E-state index in [2.05, 4.69) is 148 Å². The molecule has 3 heterocycles. The summed E-state index contributed by atoms with van der Waals surface area (Å²) in [5, 5.41) is 11.4. The predicted molar refractivity (Wildman–Crippen MR) is 283 cm³/mol. The van der Waals surface area contributed by atoms with Gasteiger partial charge in [-0.2, -0.15) is 0 Å². The van der Waals surface area contributed by atoms with Crippen LogP contribution in [0.3, 0.4) is 0 Å². The van der Waals surface area contributed by atoms with Crippen molar-refractivity contribution in [2.24, 2.45) is 5.92 Å². The zero-order valence-corrected chi connectivity index (χ0v) is 43.2. The van der Waals surface area contributed by atoms with Crippen LogP contribution in [0.25, 0.3) is 18.2 Å². The molecule has 65 heavy (non-hydrogen) atoms. The third kappa shape index (κ3) is 20.0. The van der Waals surface area contributed by atoms with E-state index < -0.39 is 0 Å². The third-order valence-electron chi connectivity index (χ3n) is 11.8. The number of Topliss-reactive ketones (excluding diaryl/α,β-unsaturated/α-hetero) is 1. The lowest BCUT2D eigenvalue weighted by Crippen LogP contribution is -2.47. The van der Waals surface area contributed by atoms with Crippen LogP contribution >= 0.6 is 0 Å². The first-order valence-corrected chi connectivity index (χ1v) is 24.1. The highest BCUT2D eigenvalue weighted by molar-refractivity contribution is 5.75. The van der Waals surface area contributed by atoms with Gasteiger partial charge in [-0.25, -0.2) is 4.98 Å². The van der Waals surface area contributed by atoms with Crippen molar-refractivity contribution in [3.63, 3.8) is 0 Å². The Labute approximate surface area is 395 Å². The molecule has 2 aliphatic heterocycles. The highest BCUT2D eigenvalue weighted by atomic mass is 16.3. The average molecular weight is 893 g/mol. The van der Waals surface area contributed by atoms with Crippen molar-refractivity contribution in [2.45, 2.75) is 121 Å². The molecule has 360 valence electrons. The smallest absolute Gasteiger partial charge is 0.212 e. The molecule has 2 saturated heterocycles. The maximum Gasteiger partial charge on any atom is 0.212 e. The number of piperidine rings is 1. The summed E-state index contributed by atoms with van der Waals surface area (Å²) in [5.41, 5.74) is 9.79. The van der Waals surface area contributed by atoms with Crippen molar-refractivity contribution >= 4 is 47.6 Å². The van der Waals surface area contributed by atoms with Gasteiger partial charge in [0.05, 0.1) is 6.04 Å². The van der Waals surface area contributed by atoms with Crippen LogP contribution in [0.1, 0.15) is 117 Å². The second kappa shape index (κ2) is 31.8. The number of benzene rings is 2. The number of aromatic nitrogens is 1. The minimum absolute atomic E-state index is 0.0695. The van der Waals surface area contributed by atoms with Crippen LogP contribution < -0.4 is 25.1 Å². The van der Waals surface area contributed by atoms with Crippen LogP contribution in [-0.2, 0) is 9.59 Å². The summed E-state index contributed by atoms with van der Waals surface area (Å²) >= 11 is 0. The Morgan fingerprint density at radius 1 is 0.877 bits per heavy atom. The fraction of sp³-hybridized carbons (Fsp3) is 0.518. The van der Waals surface area contributed by atoms with E-state index in [1.807, 2.05) is 40.8 Å². The molecule has 0 radical (unpaired) electrons. The van der Waals surface area contributed by atoms with Crippen molar-refractivity contribution in [1.82, 2.24) is 14.8 Å². The maximum absolute atomic E-state index is 10.8. The topological polar surface area (TPSA) is 83.5 Å². The Balaban J connectivity index is 0.000000535. The number of amides is 1. The van der Waals surface area contributed by atoms with Gasteiger partial charge in [0.2, 0.25) is 6.41 Å². The Morgan fingerprint density at radius 3 is 2.03 bits per heavy atom. The van der Waals surface area contributed by atoms with Gasteiger partial charge < -0.3 is 29.5 Å². The minimum Gasteiger partial charge on any atom is -0.377 e. The summed E-state index contributed by atoms with van der Waals surface area (Å²) in [6.07, 6.45) is 16.0. The summed E-state index contributed by atoms with van der Waals surface area (Å²) in [6.45, 7) is 39.5. The van der Waals surface area contributed by atoms with E-state index in [1.165, 1.54) is 94.8 Å². The Kier molecular flexibility index (Phi) is 28.4. The van der Waals surface area contributed by atoms with Gasteiger partial charge in [-0.05, 0) is 151 Å². The molecule has 2 fully saturated rings. The number of hydrogen-bond donors (Lipinski definition) is 1. The fourth-order valence-corrected chi connectivity index (χ4v) is 7.88. The van der Waals surface area contributed by atoms with Crippen LogP contribution in [0.4, 0.5) is 17.2 Å². The van der Waals surface area contributed by atoms with E-state index in [0.717, 1.165) is 49.1 Å². The second-order valence-corrected chi connectivity index (χ2v) is 17.0. The van der Waals surface area contributed by atoms with Gasteiger partial charge in [0, 0.05) is 82.6 Å². The molecule has 1 N–H and O–H groups in total. The molecule has 0 saturated carbocycles. The van der Waals surface area contributed by atoms with E-state index in [9.17, 15) is 9.59 Å². The number of anilines is 3. The Bertz CT molecular complexity index is 2040. The third-order valence-corrected chi connectivity index (χ3v) is 11.8. The van der Waals surface area contributed by atoms with Crippen LogP contribution in [-0.4, -0.2) is 105 Å². The lowest BCUT2D eigenvalue weighted by Gasteiger charge is -2.38. The SMILES string of the molecule is C/C=C\c1cc(N2CCC(CCN3CCN(c4ccc(C)c(C)c4)CC3)CC2)ncc1C.C=C(C)/C=c1/c(N(C)C)ccc/c1=C/C.C=C(C)C(CCC(C)=O)N(C=O)CO.CC.CC. The first kappa shape index (κ1) is 58.0. The van der Waals surface area contributed by atoms with Gasteiger partial charge in [0.1, 0.15) is 18.3 Å². The molecule has 2 aromatic carbocycles. The molecule has 1 aromatic heterocycles. The number of pyridine rings is 1. The Hall–Kier alpha value is -4.99. The number of aliphatic hydroxyl groups is 1. The Morgan fingerprint density at radius 2 is 1.52 bits per heavy atom. The molecule has 2 aliphatic rings. The fourth-order valence-electron chi connectivity index (χ4n) is 7.88. The van der Waals surface area contributed by atoms with Crippen molar-refractivity contribution < 1.29 is 14.7 Å². The van der Waals surface area contributed by atoms with E-state index in [-0.39, 0.29) is 18.6 Å². The van der Waals surface area contributed by atoms with Crippen molar-refractivity contribution in [2.75, 3.05) is 81.3 Å². The van der Waals surface area contributed by atoms with Crippen LogP contribution in [0.2, 0.25) is 0 Å². The molecule has 5 rings (SSSR count). The summed E-state index contributed by atoms with van der Waals surface area (Å²) in [6, 6.07) is 15.2. The molecule has 0 spiro atoms. The molecule has 9 nitrogen and oxygen atoms in total. The van der Waals surface area contributed by atoms with E-state index in [0.29, 0.717) is 19.3 Å². The predicted octanol–water partition coefficient (Wildman–Crippen LogP) is 10.1. The van der Waals surface area contributed by atoms with Crippen molar-refractivity contribution in [3.05, 3.63) is 112 Å². The molecule has 9 heteroatoms. The van der Waals surface area contributed by atoms with Crippen LogP contribution in [0, 0.1) is 26.7 Å². The van der Waals surface area contributed by atoms with Gasteiger partial charge in [0.15, 0.2) is 0 Å². The molecule has 0 aliphatic carbocycles. The number of aliphatic hydroxyl groups excluding tert-OH is 1. The van der Waals surface area contributed by atoms with E-state index in [4.69, 9.17) is 10.1 Å². The lowest BCUT2D eigenvalue weighted by atomic mass is 9.93. The number of allylic oxidation sites excluding steroid dienone is 2. The normalized spacial score (nSPS) is 14.9. The van der Waals surface area contributed by atoms with Gasteiger partial charge in [0.25, 0.3) is 0 Å². The first-order chi connectivity index (χ1) is 31.1. The number of ketones is 1. The molecule has 0 bridgehead atoms. The molecular formula is C56H88N6O3. The zero-order chi connectivity index (χ0) is 49.1. The molecule has 1 amide bonds. The van der Waals surface area contributed by atoms with E-state index >= 15 is 0 Å². The van der Waals surface area contributed by atoms with Gasteiger partial charge in [-0.3, -0.25) is 9.69 Å². The number of carbonyl (C=O) groups is 2. The summed E-state index contributed by atoms with van der Waals surface area (Å²) in [5.74, 6) is 2.06. The highest BCUT2D eigenvalue weighted by Gasteiger charge is 2.23. The average Bonchev–Trinajstić information content (AvgIpc) is 3.30. The number of aryl methyl sites for hydroxylation is 3. The number of piperazine rings is 1. The first-order valence-electron chi connectivity index (χ1n) is 24.1. The molecule has 1 atom stereocenters. The van der Waals surface area contributed by atoms with Crippen molar-refractivity contribution in [3.8, 4) is 0 Å². The number of carbonyl (C=O) groups excluding carboxylic acids is 2. The number of nitrogens with zero attached hydrogens (tertiary/aromatic N) is 6. The van der Waals surface area contributed by atoms with Gasteiger partial charge in [-0.15, -0.1) is 0 Å². The molecule has 1 unspecified atom stereocenters. The summed E-state index contributed by atoms with van der Waals surface area (Å²) in [7, 11) is 4.12. The molecule has 3 aromatic rings. The minimum atomic E-state index is -0.348. The quantitative estimate of drug-likeness (QED) is 0.0918. The zero-order valence-electron chi connectivity index (χ0n) is 43.2. The van der Waals surface area contributed by atoms with Crippen LogP contribution in [0.15, 0.2) is 79.0 Å². The van der Waals surface area contributed by atoms with Crippen molar-refractivity contribution in [1.29, 1.82) is 0 Å². The lowest BCUT2D eigenvalue weighted by molar-refractivity contribution is -0.124. The van der Waals surface area contributed by atoms with Gasteiger partial charge >= 0.3 is 0 Å². The molecular weight excluding hydrogens is 805 g/mol. The largest absolute Gasteiger partial charge is 0.377 e. The number of hydrogen-bond acceptors (Lipinski definition) is 8. The van der Waals surface area contributed by atoms with E-state index in [1.54, 1.807) is 6.92 Å². The highest BCUT2D eigenvalue weighted by Crippen LogP contribution is 2.27.